The average molecular weight is 595 g/mol. The Balaban J connectivity index is 1.09. The van der Waals surface area contributed by atoms with Crippen molar-refractivity contribution in [3.63, 3.8) is 0 Å². The molecule has 228 valence electrons. The highest BCUT2D eigenvalue weighted by atomic mass is 16.5. The summed E-state index contributed by atoms with van der Waals surface area (Å²) in [5.74, 6) is 0.872. The van der Waals surface area contributed by atoms with E-state index < -0.39 is 0 Å². The first-order valence-corrected chi connectivity index (χ1v) is 16.0. The number of para-hydroxylation sites is 1. The molecule has 1 aliphatic heterocycles. The van der Waals surface area contributed by atoms with Crippen LogP contribution in [0.2, 0.25) is 0 Å². The quantitative estimate of drug-likeness (QED) is 0.144. The monoisotopic (exact) mass is 594 g/mol. The van der Waals surface area contributed by atoms with Gasteiger partial charge >= 0.3 is 0 Å². The Morgan fingerprint density at radius 2 is 1.29 bits per heavy atom. The molecule has 0 bridgehead atoms. The summed E-state index contributed by atoms with van der Waals surface area (Å²) >= 11 is 0. The average Bonchev–Trinajstić information content (AvgIpc) is 3.52. The molecule has 0 saturated heterocycles. The zero-order chi connectivity index (χ0) is 31.1. The first kappa shape index (κ1) is 30.4. The molecule has 2 unspecified atom stereocenters. The molecular formula is C41H42N2O2. The van der Waals surface area contributed by atoms with Gasteiger partial charge in [-0.1, -0.05) is 115 Å². The Morgan fingerprint density at radius 3 is 1.96 bits per heavy atom. The van der Waals surface area contributed by atoms with Crippen molar-refractivity contribution in [2.75, 3.05) is 11.6 Å². The molecule has 0 amide bonds. The van der Waals surface area contributed by atoms with Gasteiger partial charge in [0.1, 0.15) is 5.75 Å². The Morgan fingerprint density at radius 1 is 0.711 bits per heavy atom. The van der Waals surface area contributed by atoms with E-state index in [1.54, 1.807) is 0 Å². The van der Waals surface area contributed by atoms with E-state index in [1.807, 2.05) is 18.2 Å². The summed E-state index contributed by atoms with van der Waals surface area (Å²) < 4.78 is 12.6. The lowest BCUT2D eigenvalue weighted by Gasteiger charge is -2.26. The van der Waals surface area contributed by atoms with Crippen LogP contribution in [-0.2, 0) is 11.2 Å². The summed E-state index contributed by atoms with van der Waals surface area (Å²) in [7, 11) is 0. The summed E-state index contributed by atoms with van der Waals surface area (Å²) in [6, 6.07) is 48.8. The normalized spacial score (nSPS) is 15.5. The van der Waals surface area contributed by atoms with E-state index in [2.05, 4.69) is 147 Å². The molecule has 4 nitrogen and oxygen atoms in total. The van der Waals surface area contributed by atoms with E-state index in [0.717, 1.165) is 42.0 Å². The van der Waals surface area contributed by atoms with Crippen molar-refractivity contribution in [3.05, 3.63) is 156 Å². The Bertz CT molecular complexity index is 1670. The minimum Gasteiger partial charge on any atom is -0.491 e. The minimum absolute atomic E-state index is 0.0458. The number of hydrazone groups is 1. The van der Waals surface area contributed by atoms with Crippen molar-refractivity contribution in [1.29, 1.82) is 0 Å². The topological polar surface area (TPSA) is 34.1 Å². The molecule has 1 aliphatic rings. The summed E-state index contributed by atoms with van der Waals surface area (Å²) in [4.78, 5) is 0. The third-order valence-electron chi connectivity index (χ3n) is 8.35. The van der Waals surface area contributed by atoms with Gasteiger partial charge in [-0.15, -0.1) is 0 Å². The van der Waals surface area contributed by atoms with Crippen molar-refractivity contribution in [2.24, 2.45) is 5.10 Å². The van der Waals surface area contributed by atoms with Gasteiger partial charge < -0.3 is 9.47 Å². The highest BCUT2D eigenvalue weighted by Crippen LogP contribution is 2.37. The molecule has 0 radical (unpaired) electrons. The molecule has 0 N–H and O–H groups in total. The van der Waals surface area contributed by atoms with Gasteiger partial charge in [0.25, 0.3) is 0 Å². The van der Waals surface area contributed by atoms with Crippen LogP contribution in [-0.4, -0.2) is 24.0 Å². The number of rotatable bonds is 12. The van der Waals surface area contributed by atoms with Crippen molar-refractivity contribution < 1.29 is 9.47 Å². The molecular weight excluding hydrogens is 552 g/mol. The largest absolute Gasteiger partial charge is 0.491 e. The van der Waals surface area contributed by atoms with Crippen LogP contribution >= 0.6 is 0 Å². The Labute approximate surface area is 268 Å². The second-order valence-corrected chi connectivity index (χ2v) is 12.4. The fraction of sp³-hybridized carbons (Fsp3) is 0.244. The molecule has 45 heavy (non-hydrogen) atoms. The third-order valence-corrected chi connectivity index (χ3v) is 8.35. The van der Waals surface area contributed by atoms with Gasteiger partial charge in [0, 0.05) is 19.3 Å². The van der Waals surface area contributed by atoms with E-state index in [4.69, 9.17) is 14.6 Å². The maximum absolute atomic E-state index is 6.29. The molecule has 0 saturated carbocycles. The number of hydrogen-bond acceptors (Lipinski definition) is 4. The van der Waals surface area contributed by atoms with Crippen molar-refractivity contribution in [3.8, 4) is 16.9 Å². The Kier molecular flexibility index (Phi) is 9.42. The summed E-state index contributed by atoms with van der Waals surface area (Å²) in [5.41, 5.74) is 8.04. The number of hydrogen-bond donors (Lipinski definition) is 0. The first-order valence-electron chi connectivity index (χ1n) is 16.0. The van der Waals surface area contributed by atoms with Gasteiger partial charge in [-0.3, -0.25) is 5.01 Å². The molecule has 0 aromatic heterocycles. The second-order valence-electron chi connectivity index (χ2n) is 12.4. The number of ether oxygens (including phenoxy) is 2. The predicted octanol–water partition coefficient (Wildman–Crippen LogP) is 9.90. The molecule has 4 heteroatoms. The van der Waals surface area contributed by atoms with Crippen LogP contribution in [0.5, 0.6) is 5.75 Å². The van der Waals surface area contributed by atoms with Crippen LogP contribution in [0.25, 0.3) is 11.1 Å². The van der Waals surface area contributed by atoms with E-state index in [0.29, 0.717) is 6.61 Å². The molecule has 1 heterocycles. The smallest absolute Gasteiger partial charge is 0.119 e. The summed E-state index contributed by atoms with van der Waals surface area (Å²) in [6.07, 6.45) is 2.58. The van der Waals surface area contributed by atoms with Gasteiger partial charge in [-0.25, -0.2) is 0 Å². The molecule has 5 aromatic carbocycles. The SMILES string of the molecule is CC(CCOC(C)(C)Cc1ccccc1)Oc1ccc(C2CC(c3ccc(-c4ccccc4)cc3)=NN2c2ccccc2)cc1. The van der Waals surface area contributed by atoms with E-state index in [-0.39, 0.29) is 17.7 Å². The summed E-state index contributed by atoms with van der Waals surface area (Å²) in [6.45, 7) is 7.07. The van der Waals surface area contributed by atoms with Gasteiger partial charge in [0.05, 0.1) is 35.8 Å². The maximum atomic E-state index is 6.29. The van der Waals surface area contributed by atoms with E-state index in [9.17, 15) is 0 Å². The first-order chi connectivity index (χ1) is 21.9. The van der Waals surface area contributed by atoms with Crippen LogP contribution in [0.4, 0.5) is 5.69 Å². The highest BCUT2D eigenvalue weighted by molar-refractivity contribution is 6.03. The van der Waals surface area contributed by atoms with Gasteiger partial charge in [0.2, 0.25) is 0 Å². The van der Waals surface area contributed by atoms with Crippen LogP contribution in [0, 0.1) is 0 Å². The molecule has 0 aliphatic carbocycles. The number of nitrogens with zero attached hydrogens (tertiary/aromatic N) is 2. The summed E-state index contributed by atoms with van der Waals surface area (Å²) in [5, 5.41) is 7.30. The zero-order valence-corrected chi connectivity index (χ0v) is 26.5. The van der Waals surface area contributed by atoms with Crippen molar-refractivity contribution in [1.82, 2.24) is 0 Å². The molecule has 0 fully saturated rings. The van der Waals surface area contributed by atoms with Crippen molar-refractivity contribution >= 4 is 11.4 Å². The van der Waals surface area contributed by atoms with Gasteiger partial charge in [-0.2, -0.15) is 5.10 Å². The lowest BCUT2D eigenvalue weighted by molar-refractivity contribution is -0.0269. The van der Waals surface area contributed by atoms with Crippen LogP contribution in [0.3, 0.4) is 0 Å². The number of anilines is 1. The van der Waals surface area contributed by atoms with Crippen LogP contribution in [0.1, 0.15) is 56.3 Å². The molecule has 2 atom stereocenters. The zero-order valence-electron chi connectivity index (χ0n) is 26.5. The fourth-order valence-electron chi connectivity index (χ4n) is 5.95. The molecule has 6 rings (SSSR count). The molecule has 0 spiro atoms. The fourth-order valence-corrected chi connectivity index (χ4v) is 5.95. The van der Waals surface area contributed by atoms with E-state index in [1.165, 1.54) is 22.3 Å². The van der Waals surface area contributed by atoms with Crippen LogP contribution < -0.4 is 9.75 Å². The second kappa shape index (κ2) is 14.0. The van der Waals surface area contributed by atoms with E-state index >= 15 is 0 Å². The highest BCUT2D eigenvalue weighted by Gasteiger charge is 2.30. The van der Waals surface area contributed by atoms with Crippen molar-refractivity contribution in [2.45, 2.75) is 57.8 Å². The van der Waals surface area contributed by atoms with Crippen LogP contribution in [0.15, 0.2) is 145 Å². The minimum atomic E-state index is -0.223. The standard InChI is InChI=1S/C41H42N2O2/c1-31(27-28-44-41(2,3)30-32-13-7-4-8-14-32)45-38-25-23-36(24-26-38)40-29-39(42-43(40)37-17-11-6-12-18-37)35-21-19-34(20-22-35)33-15-9-5-10-16-33/h4-26,31,40H,27-30H2,1-3H3. The predicted molar refractivity (Wildman–Crippen MR) is 186 cm³/mol. The maximum Gasteiger partial charge on any atom is 0.119 e. The number of benzene rings is 5. The Hall–Kier alpha value is -4.67. The van der Waals surface area contributed by atoms with Gasteiger partial charge in [0.15, 0.2) is 0 Å². The lowest BCUT2D eigenvalue weighted by Crippen LogP contribution is -2.29. The lowest BCUT2D eigenvalue weighted by atomic mass is 9.96. The molecule has 5 aromatic rings. The van der Waals surface area contributed by atoms with Gasteiger partial charge in [-0.05, 0) is 72.9 Å². The third kappa shape index (κ3) is 7.89.